The van der Waals surface area contributed by atoms with E-state index in [1.54, 1.807) is 0 Å². The van der Waals surface area contributed by atoms with Crippen LogP contribution in [0.2, 0.25) is 5.02 Å². The number of aliphatic hydroxyl groups is 1. The lowest BCUT2D eigenvalue weighted by atomic mass is 9.95. The lowest BCUT2D eigenvalue weighted by Crippen LogP contribution is -2.27. The molecule has 3 aromatic rings. The monoisotopic (exact) mass is 456 g/mol. The van der Waals surface area contributed by atoms with Crippen molar-refractivity contribution in [3.05, 3.63) is 87.6 Å². The standard InChI is InChI=1S/C25H25ClN2O2.ClH/c26-21-4-1-3-18(13-21)24-14-19(22-5-2-6-23(22)28-24)11-16-7-9-17(10-8-16)12-20(15-29)25(27)30;/h1,3-4,7-10,13-14,20,29H,2,5-6,11-12,15H2,(H2,27,30);1H. The molecule has 3 N–H and O–H groups in total. The lowest BCUT2D eigenvalue weighted by Gasteiger charge is -2.13. The van der Waals surface area contributed by atoms with Gasteiger partial charge in [-0.05, 0) is 72.6 Å². The number of halogens is 2. The summed E-state index contributed by atoms with van der Waals surface area (Å²) in [7, 11) is 0. The molecule has 1 aliphatic rings. The van der Waals surface area contributed by atoms with Gasteiger partial charge in [-0.15, -0.1) is 12.4 Å². The molecule has 0 spiro atoms. The fraction of sp³-hybridized carbons (Fsp3) is 0.280. The van der Waals surface area contributed by atoms with Crippen molar-refractivity contribution >= 4 is 29.9 Å². The maximum atomic E-state index is 11.4. The first-order valence-corrected chi connectivity index (χ1v) is 10.7. The van der Waals surface area contributed by atoms with Crippen LogP contribution in [0.4, 0.5) is 0 Å². The van der Waals surface area contributed by atoms with E-state index in [9.17, 15) is 9.90 Å². The van der Waals surface area contributed by atoms with Crippen LogP contribution in [0.5, 0.6) is 0 Å². The molecule has 6 heteroatoms. The Morgan fingerprint density at radius 1 is 1.10 bits per heavy atom. The lowest BCUT2D eigenvalue weighted by molar-refractivity contribution is -0.122. The number of hydrogen-bond acceptors (Lipinski definition) is 3. The average Bonchev–Trinajstić information content (AvgIpc) is 3.22. The molecule has 1 atom stereocenters. The predicted octanol–water partition coefficient (Wildman–Crippen LogP) is 4.54. The van der Waals surface area contributed by atoms with Crippen LogP contribution in [-0.4, -0.2) is 22.6 Å². The van der Waals surface area contributed by atoms with Crippen LogP contribution in [-0.2, 0) is 30.5 Å². The first-order valence-electron chi connectivity index (χ1n) is 10.3. The van der Waals surface area contributed by atoms with E-state index < -0.39 is 11.8 Å². The maximum absolute atomic E-state index is 11.4. The van der Waals surface area contributed by atoms with Crippen LogP contribution in [0.3, 0.4) is 0 Å². The number of primary amides is 1. The van der Waals surface area contributed by atoms with Crippen molar-refractivity contribution in [2.45, 2.75) is 32.1 Å². The largest absolute Gasteiger partial charge is 0.396 e. The van der Waals surface area contributed by atoms with Gasteiger partial charge in [0.1, 0.15) is 0 Å². The third-order valence-electron chi connectivity index (χ3n) is 5.79. The minimum atomic E-state index is -0.542. The summed E-state index contributed by atoms with van der Waals surface area (Å²) in [6.07, 6.45) is 4.52. The van der Waals surface area contributed by atoms with E-state index in [0.29, 0.717) is 11.4 Å². The van der Waals surface area contributed by atoms with E-state index in [-0.39, 0.29) is 19.0 Å². The van der Waals surface area contributed by atoms with E-state index in [2.05, 4.69) is 18.2 Å². The first-order chi connectivity index (χ1) is 14.5. The molecule has 1 heterocycles. The van der Waals surface area contributed by atoms with Crippen molar-refractivity contribution in [2.24, 2.45) is 11.7 Å². The second-order valence-corrected chi connectivity index (χ2v) is 8.37. The Balaban J connectivity index is 0.00000272. The number of nitrogens with zero attached hydrogens (tertiary/aromatic N) is 1. The number of carbonyl (C=O) groups is 1. The number of aryl methyl sites for hydroxylation is 1. The Hall–Kier alpha value is -2.40. The number of amides is 1. The van der Waals surface area contributed by atoms with Crippen molar-refractivity contribution in [3.8, 4) is 11.3 Å². The number of aliphatic hydroxyl groups excluding tert-OH is 1. The molecule has 1 aromatic heterocycles. The highest BCUT2D eigenvalue weighted by Crippen LogP contribution is 2.31. The van der Waals surface area contributed by atoms with Gasteiger partial charge in [0.25, 0.3) is 0 Å². The van der Waals surface area contributed by atoms with Crippen LogP contribution < -0.4 is 5.73 Å². The Labute approximate surface area is 193 Å². The Bertz CT molecular complexity index is 1070. The van der Waals surface area contributed by atoms with E-state index in [1.807, 2.05) is 36.4 Å². The number of aromatic nitrogens is 1. The van der Waals surface area contributed by atoms with E-state index in [1.165, 1.54) is 22.4 Å². The molecule has 0 saturated heterocycles. The summed E-state index contributed by atoms with van der Waals surface area (Å²) in [5, 5.41) is 10.0. The average molecular weight is 457 g/mol. The maximum Gasteiger partial charge on any atom is 0.223 e. The molecule has 0 radical (unpaired) electrons. The van der Waals surface area contributed by atoms with Crippen molar-refractivity contribution in [2.75, 3.05) is 6.61 Å². The molecule has 4 nitrogen and oxygen atoms in total. The summed E-state index contributed by atoms with van der Waals surface area (Å²) in [5.74, 6) is -1.01. The summed E-state index contributed by atoms with van der Waals surface area (Å²) in [6, 6.07) is 18.2. The molecule has 0 fully saturated rings. The van der Waals surface area contributed by atoms with Gasteiger partial charge in [-0.3, -0.25) is 9.78 Å². The van der Waals surface area contributed by atoms with Gasteiger partial charge >= 0.3 is 0 Å². The SMILES string of the molecule is Cl.NC(=O)C(CO)Cc1ccc(Cc2cc(-c3cccc(Cl)c3)nc3c2CCC3)cc1. The molecule has 1 amide bonds. The fourth-order valence-corrected chi connectivity index (χ4v) is 4.32. The van der Waals surface area contributed by atoms with Gasteiger partial charge in [0, 0.05) is 16.3 Å². The molecule has 1 aliphatic carbocycles. The summed E-state index contributed by atoms with van der Waals surface area (Å²) >= 11 is 6.19. The Morgan fingerprint density at radius 3 is 2.52 bits per heavy atom. The van der Waals surface area contributed by atoms with Gasteiger partial charge in [0.05, 0.1) is 18.2 Å². The Kier molecular flexibility index (Phi) is 7.71. The van der Waals surface area contributed by atoms with Crippen molar-refractivity contribution in [3.63, 3.8) is 0 Å². The highest BCUT2D eigenvalue weighted by molar-refractivity contribution is 6.30. The van der Waals surface area contributed by atoms with Gasteiger partial charge in [0.2, 0.25) is 5.91 Å². The molecule has 0 aliphatic heterocycles. The van der Waals surface area contributed by atoms with Crippen LogP contribution in [0.15, 0.2) is 54.6 Å². The molecule has 2 aromatic carbocycles. The second-order valence-electron chi connectivity index (χ2n) is 7.94. The van der Waals surface area contributed by atoms with E-state index in [0.717, 1.165) is 42.5 Å². The van der Waals surface area contributed by atoms with Crippen molar-refractivity contribution in [1.82, 2.24) is 4.98 Å². The molecular weight excluding hydrogens is 431 g/mol. The number of nitrogens with two attached hydrogens (primary N) is 1. The number of rotatable bonds is 7. The molecule has 0 bridgehead atoms. The first kappa shape index (κ1) is 23.3. The van der Waals surface area contributed by atoms with Gasteiger partial charge in [-0.2, -0.15) is 0 Å². The van der Waals surface area contributed by atoms with Crippen LogP contribution >= 0.6 is 24.0 Å². The molecule has 0 saturated carbocycles. The Morgan fingerprint density at radius 2 is 1.84 bits per heavy atom. The normalized spacial score (nSPS) is 13.4. The van der Waals surface area contributed by atoms with Crippen molar-refractivity contribution < 1.29 is 9.90 Å². The summed E-state index contributed by atoms with van der Waals surface area (Å²) < 4.78 is 0. The summed E-state index contributed by atoms with van der Waals surface area (Å²) in [4.78, 5) is 16.3. The van der Waals surface area contributed by atoms with Crippen LogP contribution in [0.25, 0.3) is 11.3 Å². The van der Waals surface area contributed by atoms with E-state index in [4.69, 9.17) is 22.3 Å². The van der Waals surface area contributed by atoms with E-state index >= 15 is 0 Å². The quantitative estimate of drug-likeness (QED) is 0.547. The summed E-state index contributed by atoms with van der Waals surface area (Å²) in [6.45, 7) is -0.230. The molecule has 162 valence electrons. The van der Waals surface area contributed by atoms with Crippen LogP contribution in [0.1, 0.15) is 34.4 Å². The summed E-state index contributed by atoms with van der Waals surface area (Å²) in [5.41, 5.74) is 13.4. The zero-order valence-electron chi connectivity index (χ0n) is 17.2. The van der Waals surface area contributed by atoms with Gasteiger partial charge < -0.3 is 10.8 Å². The zero-order valence-corrected chi connectivity index (χ0v) is 18.8. The topological polar surface area (TPSA) is 76.2 Å². The minimum absolute atomic E-state index is 0. The number of fused-ring (bicyclic) bond motifs is 1. The molecule has 1 unspecified atom stereocenters. The third-order valence-corrected chi connectivity index (χ3v) is 6.02. The highest BCUT2D eigenvalue weighted by atomic mass is 35.5. The zero-order chi connectivity index (χ0) is 21.1. The highest BCUT2D eigenvalue weighted by Gasteiger charge is 2.19. The van der Waals surface area contributed by atoms with Crippen LogP contribution in [0, 0.1) is 5.92 Å². The number of hydrogen-bond donors (Lipinski definition) is 2. The number of pyridine rings is 1. The molecule has 4 rings (SSSR count). The fourth-order valence-electron chi connectivity index (χ4n) is 4.13. The smallest absolute Gasteiger partial charge is 0.223 e. The van der Waals surface area contributed by atoms with Gasteiger partial charge in [-0.1, -0.05) is 48.0 Å². The van der Waals surface area contributed by atoms with Gasteiger partial charge in [-0.25, -0.2) is 0 Å². The molecule has 31 heavy (non-hydrogen) atoms. The van der Waals surface area contributed by atoms with Gasteiger partial charge in [0.15, 0.2) is 0 Å². The minimum Gasteiger partial charge on any atom is -0.396 e. The second kappa shape index (κ2) is 10.3. The number of carbonyl (C=O) groups excluding carboxylic acids is 1. The predicted molar refractivity (Wildman–Crippen MR) is 127 cm³/mol. The number of benzene rings is 2. The van der Waals surface area contributed by atoms with Crippen molar-refractivity contribution in [1.29, 1.82) is 0 Å². The third kappa shape index (κ3) is 5.45. The molecular formula is C25H26Cl2N2O2.